The van der Waals surface area contributed by atoms with E-state index in [1.807, 2.05) is 12.1 Å². The molecule has 7 heteroatoms. The fourth-order valence-electron chi connectivity index (χ4n) is 3.53. The van der Waals surface area contributed by atoms with Gasteiger partial charge in [0, 0.05) is 17.7 Å². The van der Waals surface area contributed by atoms with Gasteiger partial charge < -0.3 is 10.6 Å². The van der Waals surface area contributed by atoms with Crippen molar-refractivity contribution in [1.29, 1.82) is 0 Å². The number of nitrogens with one attached hydrogen (secondary N) is 2. The summed E-state index contributed by atoms with van der Waals surface area (Å²) in [5, 5.41) is 14.2. The number of hydrogen-bond acceptors (Lipinski definition) is 5. The van der Waals surface area contributed by atoms with Gasteiger partial charge in [0.15, 0.2) is 11.5 Å². The van der Waals surface area contributed by atoms with Gasteiger partial charge in [0.2, 0.25) is 0 Å². The topological polar surface area (TPSA) is 88.9 Å². The second-order valence-corrected chi connectivity index (χ2v) is 6.67. The van der Waals surface area contributed by atoms with E-state index in [0.717, 1.165) is 49.9 Å². The van der Waals surface area contributed by atoms with Crippen molar-refractivity contribution < 1.29 is 9.59 Å². The third-order valence-corrected chi connectivity index (χ3v) is 4.94. The van der Waals surface area contributed by atoms with Crippen molar-refractivity contribution in [3.05, 3.63) is 41.2 Å². The van der Waals surface area contributed by atoms with Crippen LogP contribution in [0.1, 0.15) is 58.1 Å². The molecular formula is C18H21N5O2. The summed E-state index contributed by atoms with van der Waals surface area (Å²) in [5.74, 6) is -0.155. The smallest absolute Gasteiger partial charge is 0.277 e. The molecule has 0 spiro atoms. The van der Waals surface area contributed by atoms with Gasteiger partial charge in [-0.3, -0.25) is 9.59 Å². The van der Waals surface area contributed by atoms with Gasteiger partial charge in [-0.25, -0.2) is 4.68 Å². The highest BCUT2D eigenvalue weighted by Gasteiger charge is 2.20. The molecule has 130 valence electrons. The number of aryl methyl sites for hydroxylation is 1. The number of Topliss-reactive ketones (excluding diaryl/α,β-unsaturated/α-hetero) is 1. The number of hydrogen-bond donors (Lipinski definition) is 2. The molecule has 2 aromatic rings. The van der Waals surface area contributed by atoms with Gasteiger partial charge >= 0.3 is 0 Å². The van der Waals surface area contributed by atoms with Gasteiger partial charge in [-0.2, -0.15) is 0 Å². The first-order chi connectivity index (χ1) is 12.2. The van der Waals surface area contributed by atoms with Crippen molar-refractivity contribution >= 4 is 17.4 Å². The van der Waals surface area contributed by atoms with E-state index in [2.05, 4.69) is 20.9 Å². The highest BCUT2D eigenvalue weighted by molar-refractivity contribution is 6.04. The number of ketones is 1. The van der Waals surface area contributed by atoms with E-state index < -0.39 is 0 Å². The molecule has 1 aliphatic carbocycles. The summed E-state index contributed by atoms with van der Waals surface area (Å²) in [6, 6.07) is 5.82. The van der Waals surface area contributed by atoms with Crippen molar-refractivity contribution in [3.8, 4) is 0 Å². The predicted octanol–water partition coefficient (Wildman–Crippen LogP) is 1.97. The Morgan fingerprint density at radius 3 is 2.92 bits per heavy atom. The van der Waals surface area contributed by atoms with Crippen LogP contribution < -0.4 is 10.6 Å². The largest absolute Gasteiger partial charge is 0.321 e. The Balaban J connectivity index is 1.48. The lowest BCUT2D eigenvalue weighted by atomic mass is 9.90. The SMILES string of the molecule is O=C(Nc1ccc2c(c1)C(=O)CCC2)c1cn(C2CCNCC2)nn1. The lowest BCUT2D eigenvalue weighted by Gasteiger charge is -2.22. The Morgan fingerprint density at radius 1 is 1.24 bits per heavy atom. The van der Waals surface area contributed by atoms with E-state index in [1.165, 1.54) is 0 Å². The molecule has 1 fully saturated rings. The number of nitrogens with zero attached hydrogens (tertiary/aromatic N) is 3. The Kier molecular flexibility index (Phi) is 4.31. The minimum atomic E-state index is -0.302. The number of aromatic nitrogens is 3. The Bertz CT molecular complexity index is 808. The fourth-order valence-corrected chi connectivity index (χ4v) is 3.53. The fraction of sp³-hybridized carbons (Fsp3) is 0.444. The standard InChI is InChI=1S/C18H21N5O2/c24-17-3-1-2-12-4-5-13(10-15(12)17)20-18(25)16-11-23(22-21-16)14-6-8-19-9-7-14/h4-5,10-11,14,19H,1-3,6-9H2,(H,20,25). The van der Waals surface area contributed by atoms with Gasteiger partial charge in [0.25, 0.3) is 5.91 Å². The van der Waals surface area contributed by atoms with Crippen LogP contribution in [-0.2, 0) is 6.42 Å². The van der Waals surface area contributed by atoms with Crippen molar-refractivity contribution in [2.24, 2.45) is 0 Å². The van der Waals surface area contributed by atoms with Crippen LogP contribution in [0.5, 0.6) is 0 Å². The van der Waals surface area contributed by atoms with E-state index in [0.29, 0.717) is 17.8 Å². The van der Waals surface area contributed by atoms with Crippen LogP contribution in [0.2, 0.25) is 0 Å². The van der Waals surface area contributed by atoms with Crippen LogP contribution in [0.25, 0.3) is 0 Å². The van der Waals surface area contributed by atoms with Crippen LogP contribution in [0, 0.1) is 0 Å². The average Bonchev–Trinajstić information content (AvgIpc) is 3.13. The maximum absolute atomic E-state index is 12.4. The molecule has 0 atom stereocenters. The number of piperidine rings is 1. The van der Waals surface area contributed by atoms with E-state index in [9.17, 15) is 9.59 Å². The number of carbonyl (C=O) groups is 2. The molecule has 0 radical (unpaired) electrons. The van der Waals surface area contributed by atoms with Crippen LogP contribution in [0.4, 0.5) is 5.69 Å². The summed E-state index contributed by atoms with van der Waals surface area (Å²) in [5.41, 5.74) is 2.70. The first-order valence-electron chi connectivity index (χ1n) is 8.81. The number of carbonyl (C=O) groups excluding carboxylic acids is 2. The third-order valence-electron chi connectivity index (χ3n) is 4.94. The number of anilines is 1. The molecule has 0 unspecified atom stereocenters. The van der Waals surface area contributed by atoms with E-state index >= 15 is 0 Å². The van der Waals surface area contributed by atoms with Crippen molar-refractivity contribution in [2.75, 3.05) is 18.4 Å². The molecule has 7 nitrogen and oxygen atoms in total. The maximum atomic E-state index is 12.4. The molecule has 1 aliphatic heterocycles. The summed E-state index contributed by atoms with van der Waals surface area (Å²) >= 11 is 0. The zero-order valence-corrected chi connectivity index (χ0v) is 14.0. The quantitative estimate of drug-likeness (QED) is 0.892. The summed E-state index contributed by atoms with van der Waals surface area (Å²) in [6.07, 6.45) is 6.07. The number of benzene rings is 1. The summed E-state index contributed by atoms with van der Waals surface area (Å²) in [6.45, 7) is 1.91. The van der Waals surface area contributed by atoms with Crippen LogP contribution in [-0.4, -0.2) is 39.8 Å². The molecule has 2 N–H and O–H groups in total. The lowest BCUT2D eigenvalue weighted by Crippen LogP contribution is -2.29. The van der Waals surface area contributed by atoms with Crippen molar-refractivity contribution in [1.82, 2.24) is 20.3 Å². The molecule has 0 saturated carbocycles. The Morgan fingerprint density at radius 2 is 2.08 bits per heavy atom. The predicted molar refractivity (Wildman–Crippen MR) is 92.8 cm³/mol. The molecule has 1 saturated heterocycles. The first kappa shape index (κ1) is 16.0. The van der Waals surface area contributed by atoms with Gasteiger partial charge in [-0.15, -0.1) is 5.10 Å². The van der Waals surface area contributed by atoms with E-state index in [1.54, 1.807) is 16.9 Å². The second kappa shape index (κ2) is 6.76. The first-order valence-corrected chi connectivity index (χ1v) is 8.81. The number of rotatable bonds is 3. The second-order valence-electron chi connectivity index (χ2n) is 6.67. The molecule has 2 heterocycles. The summed E-state index contributed by atoms with van der Waals surface area (Å²) < 4.78 is 1.78. The number of fused-ring (bicyclic) bond motifs is 1. The van der Waals surface area contributed by atoms with E-state index in [-0.39, 0.29) is 17.7 Å². The Hall–Kier alpha value is -2.54. The highest BCUT2D eigenvalue weighted by Crippen LogP contribution is 2.24. The molecular weight excluding hydrogens is 318 g/mol. The van der Waals surface area contributed by atoms with Gasteiger partial charge in [-0.1, -0.05) is 11.3 Å². The monoisotopic (exact) mass is 339 g/mol. The zero-order valence-electron chi connectivity index (χ0n) is 14.0. The molecule has 4 rings (SSSR count). The molecule has 0 bridgehead atoms. The van der Waals surface area contributed by atoms with Gasteiger partial charge in [0.05, 0.1) is 12.2 Å². The summed E-state index contributed by atoms with van der Waals surface area (Å²) in [7, 11) is 0. The minimum Gasteiger partial charge on any atom is -0.321 e. The minimum absolute atomic E-state index is 0.147. The Labute approximate surface area is 145 Å². The van der Waals surface area contributed by atoms with Crippen molar-refractivity contribution in [3.63, 3.8) is 0 Å². The maximum Gasteiger partial charge on any atom is 0.277 e. The number of amides is 1. The van der Waals surface area contributed by atoms with Gasteiger partial charge in [-0.05, 0) is 56.5 Å². The average molecular weight is 339 g/mol. The van der Waals surface area contributed by atoms with Crippen LogP contribution in [0.3, 0.4) is 0 Å². The van der Waals surface area contributed by atoms with Crippen LogP contribution >= 0.6 is 0 Å². The molecule has 2 aliphatic rings. The normalized spacial score (nSPS) is 18.0. The molecule has 1 aromatic carbocycles. The third kappa shape index (κ3) is 3.32. The lowest BCUT2D eigenvalue weighted by molar-refractivity contribution is 0.0970. The molecule has 1 aromatic heterocycles. The molecule has 25 heavy (non-hydrogen) atoms. The van der Waals surface area contributed by atoms with Gasteiger partial charge in [0.1, 0.15) is 0 Å². The van der Waals surface area contributed by atoms with Crippen LogP contribution in [0.15, 0.2) is 24.4 Å². The summed E-state index contributed by atoms with van der Waals surface area (Å²) in [4.78, 5) is 24.5. The van der Waals surface area contributed by atoms with Crippen molar-refractivity contribution in [2.45, 2.75) is 38.1 Å². The molecule has 1 amide bonds. The highest BCUT2D eigenvalue weighted by atomic mass is 16.2. The van der Waals surface area contributed by atoms with E-state index in [4.69, 9.17) is 0 Å². The zero-order chi connectivity index (χ0) is 17.2.